The first-order valence-electron chi connectivity index (χ1n) is 10.3. The van der Waals surface area contributed by atoms with Crippen molar-refractivity contribution in [1.29, 1.82) is 0 Å². The molecule has 0 bridgehead atoms. The molecule has 3 N–H and O–H groups in total. The normalized spacial score (nSPS) is 11.9. The Labute approximate surface area is 188 Å². The molecule has 0 aliphatic carbocycles. The quantitative estimate of drug-likeness (QED) is 0.612. The first-order valence-corrected chi connectivity index (χ1v) is 10.3. The number of hydrogen-bond donors (Lipinski definition) is 3. The van der Waals surface area contributed by atoms with Gasteiger partial charge in [-0.25, -0.2) is 4.79 Å². The van der Waals surface area contributed by atoms with Crippen LogP contribution in [0.3, 0.4) is 0 Å². The Hall–Kier alpha value is -3.55. The van der Waals surface area contributed by atoms with E-state index < -0.39 is 29.6 Å². The zero-order chi connectivity index (χ0) is 23.9. The van der Waals surface area contributed by atoms with E-state index in [0.717, 1.165) is 5.56 Å². The van der Waals surface area contributed by atoms with E-state index >= 15 is 0 Å². The molecule has 0 aliphatic heterocycles. The second-order valence-corrected chi connectivity index (χ2v) is 8.48. The summed E-state index contributed by atoms with van der Waals surface area (Å²) in [6, 6.07) is 13.3. The van der Waals surface area contributed by atoms with E-state index in [1.165, 1.54) is 11.9 Å². The highest BCUT2D eigenvalue weighted by atomic mass is 16.6. The fraction of sp³-hybridized carbons (Fsp3) is 0.375. The van der Waals surface area contributed by atoms with E-state index in [1.54, 1.807) is 45.9 Å². The minimum atomic E-state index is -1.09. The number of phenols is 1. The number of alkyl carbamates (subject to hydrolysis) is 1. The minimum absolute atomic E-state index is 0.0629. The third-order valence-corrected chi connectivity index (χ3v) is 4.68. The van der Waals surface area contributed by atoms with Gasteiger partial charge in [-0.3, -0.25) is 9.59 Å². The highest BCUT2D eigenvalue weighted by Crippen LogP contribution is 2.31. The van der Waals surface area contributed by atoms with Crippen molar-refractivity contribution in [1.82, 2.24) is 15.5 Å². The molecule has 0 aromatic heterocycles. The summed E-state index contributed by atoms with van der Waals surface area (Å²) in [6.45, 7) is 6.77. The Bertz CT molecular complexity index is 954. The molecular formula is C24H31N3O5. The number of likely N-dealkylation sites (N-methyl/N-ethyl adjacent to an activating group) is 1. The van der Waals surface area contributed by atoms with Crippen LogP contribution in [0.1, 0.15) is 43.5 Å². The van der Waals surface area contributed by atoms with Crippen LogP contribution >= 0.6 is 0 Å². The summed E-state index contributed by atoms with van der Waals surface area (Å²) in [7, 11) is 1.45. The average molecular weight is 442 g/mol. The molecule has 0 radical (unpaired) electrons. The summed E-state index contributed by atoms with van der Waals surface area (Å²) in [5.74, 6) is -1.04. The lowest BCUT2D eigenvalue weighted by Crippen LogP contribution is -2.46. The first kappa shape index (κ1) is 24.7. The van der Waals surface area contributed by atoms with E-state index in [-0.39, 0.29) is 18.8 Å². The summed E-state index contributed by atoms with van der Waals surface area (Å²) >= 11 is 0. The number of rotatable bonds is 7. The van der Waals surface area contributed by atoms with Gasteiger partial charge in [0, 0.05) is 19.2 Å². The monoisotopic (exact) mass is 441 g/mol. The lowest BCUT2D eigenvalue weighted by atomic mass is 10.0. The molecule has 8 nitrogen and oxygen atoms in total. The van der Waals surface area contributed by atoms with Crippen LogP contribution in [0.15, 0.2) is 48.5 Å². The number of aromatic hydroxyl groups is 1. The molecular weight excluding hydrogens is 410 g/mol. The van der Waals surface area contributed by atoms with Crippen LogP contribution in [-0.2, 0) is 20.9 Å². The molecule has 0 fully saturated rings. The SMILES string of the molecule is Cc1cccc(C(C(=O)NCc2ccccc2)N(C)C(=O)CNC(=O)OC(C)(C)C)c1O. The van der Waals surface area contributed by atoms with Crippen LogP contribution in [0.5, 0.6) is 5.75 Å². The fourth-order valence-corrected chi connectivity index (χ4v) is 3.04. The molecule has 0 heterocycles. The van der Waals surface area contributed by atoms with E-state index in [1.807, 2.05) is 30.3 Å². The van der Waals surface area contributed by atoms with Gasteiger partial charge >= 0.3 is 6.09 Å². The Kier molecular flexibility index (Phi) is 8.23. The Morgan fingerprint density at radius 3 is 2.31 bits per heavy atom. The minimum Gasteiger partial charge on any atom is -0.507 e. The number of phenolic OH excluding ortho intramolecular Hbond substituents is 1. The van der Waals surface area contributed by atoms with Crippen molar-refractivity contribution in [2.75, 3.05) is 13.6 Å². The molecule has 1 atom stereocenters. The summed E-state index contributed by atoms with van der Waals surface area (Å²) in [6.07, 6.45) is -0.734. The summed E-state index contributed by atoms with van der Waals surface area (Å²) < 4.78 is 5.14. The van der Waals surface area contributed by atoms with Crippen LogP contribution in [0, 0.1) is 6.92 Å². The second kappa shape index (κ2) is 10.7. The Morgan fingerprint density at radius 1 is 1.03 bits per heavy atom. The van der Waals surface area contributed by atoms with Crippen molar-refractivity contribution in [2.45, 2.75) is 45.9 Å². The highest BCUT2D eigenvalue weighted by Gasteiger charge is 2.31. The van der Waals surface area contributed by atoms with Gasteiger partial charge in [-0.15, -0.1) is 0 Å². The van der Waals surface area contributed by atoms with Crippen molar-refractivity contribution in [3.8, 4) is 5.75 Å². The maximum atomic E-state index is 13.1. The van der Waals surface area contributed by atoms with Gasteiger partial charge in [0.15, 0.2) is 0 Å². The van der Waals surface area contributed by atoms with Crippen LogP contribution in [0.4, 0.5) is 4.79 Å². The van der Waals surface area contributed by atoms with Gasteiger partial charge in [0.2, 0.25) is 11.8 Å². The topological polar surface area (TPSA) is 108 Å². The Morgan fingerprint density at radius 2 is 1.69 bits per heavy atom. The lowest BCUT2D eigenvalue weighted by Gasteiger charge is -2.29. The van der Waals surface area contributed by atoms with Crippen LogP contribution in [0.25, 0.3) is 0 Å². The van der Waals surface area contributed by atoms with Gasteiger partial charge < -0.3 is 25.4 Å². The van der Waals surface area contributed by atoms with E-state index in [4.69, 9.17) is 4.74 Å². The van der Waals surface area contributed by atoms with Gasteiger partial charge in [-0.05, 0) is 38.8 Å². The third kappa shape index (κ3) is 7.01. The van der Waals surface area contributed by atoms with Crippen molar-refractivity contribution in [3.63, 3.8) is 0 Å². The van der Waals surface area contributed by atoms with Crippen molar-refractivity contribution >= 4 is 17.9 Å². The molecule has 8 heteroatoms. The molecule has 0 aliphatic rings. The fourth-order valence-electron chi connectivity index (χ4n) is 3.04. The standard InChI is InChI=1S/C24H31N3O5/c1-16-10-9-13-18(21(16)29)20(22(30)25-14-17-11-7-6-8-12-17)27(5)19(28)15-26-23(31)32-24(2,3)4/h6-13,20,29H,14-15H2,1-5H3,(H,25,30)(H,26,31). The molecule has 2 aromatic carbocycles. The van der Waals surface area contributed by atoms with Crippen molar-refractivity contribution < 1.29 is 24.2 Å². The van der Waals surface area contributed by atoms with Crippen molar-refractivity contribution in [3.05, 3.63) is 65.2 Å². The first-order chi connectivity index (χ1) is 15.0. The summed E-state index contributed by atoms with van der Waals surface area (Å²) in [5, 5.41) is 15.8. The number of carbonyl (C=O) groups excluding carboxylic acids is 3. The number of hydrogen-bond acceptors (Lipinski definition) is 5. The molecule has 32 heavy (non-hydrogen) atoms. The number of ether oxygens (including phenoxy) is 1. The van der Waals surface area contributed by atoms with E-state index in [0.29, 0.717) is 11.1 Å². The smallest absolute Gasteiger partial charge is 0.408 e. The van der Waals surface area contributed by atoms with Gasteiger partial charge in [-0.2, -0.15) is 0 Å². The van der Waals surface area contributed by atoms with Crippen molar-refractivity contribution in [2.24, 2.45) is 0 Å². The van der Waals surface area contributed by atoms with E-state index in [2.05, 4.69) is 10.6 Å². The van der Waals surface area contributed by atoms with Crippen LogP contribution in [-0.4, -0.2) is 47.1 Å². The predicted octanol–water partition coefficient (Wildman–Crippen LogP) is 3.04. The lowest BCUT2D eigenvalue weighted by molar-refractivity contribution is -0.138. The number of nitrogens with zero attached hydrogens (tertiary/aromatic N) is 1. The molecule has 0 saturated carbocycles. The number of aryl methyl sites for hydroxylation is 1. The van der Waals surface area contributed by atoms with Gasteiger partial charge in [0.25, 0.3) is 0 Å². The Balaban J connectivity index is 2.19. The zero-order valence-electron chi connectivity index (χ0n) is 19.1. The largest absolute Gasteiger partial charge is 0.507 e. The molecule has 3 amide bonds. The molecule has 2 aromatic rings. The molecule has 0 saturated heterocycles. The molecule has 2 rings (SSSR count). The number of benzene rings is 2. The molecule has 172 valence electrons. The van der Waals surface area contributed by atoms with Gasteiger partial charge in [0.1, 0.15) is 23.9 Å². The maximum absolute atomic E-state index is 13.1. The number of carbonyl (C=O) groups is 3. The number of nitrogens with one attached hydrogen (secondary N) is 2. The number of amides is 3. The van der Waals surface area contributed by atoms with Crippen LogP contribution < -0.4 is 10.6 Å². The van der Waals surface area contributed by atoms with Gasteiger partial charge in [0.05, 0.1) is 0 Å². The average Bonchev–Trinajstić information content (AvgIpc) is 2.73. The number of para-hydroxylation sites is 1. The summed E-state index contributed by atoms with van der Waals surface area (Å²) in [5.41, 5.74) is 1.07. The third-order valence-electron chi connectivity index (χ3n) is 4.68. The second-order valence-electron chi connectivity index (χ2n) is 8.48. The van der Waals surface area contributed by atoms with Crippen LogP contribution in [0.2, 0.25) is 0 Å². The highest BCUT2D eigenvalue weighted by molar-refractivity contribution is 5.90. The van der Waals surface area contributed by atoms with E-state index in [9.17, 15) is 19.5 Å². The zero-order valence-corrected chi connectivity index (χ0v) is 19.1. The predicted molar refractivity (Wildman–Crippen MR) is 121 cm³/mol. The van der Waals surface area contributed by atoms with Gasteiger partial charge in [-0.1, -0.05) is 48.5 Å². The molecule has 0 spiro atoms. The molecule has 1 unspecified atom stereocenters. The summed E-state index contributed by atoms with van der Waals surface area (Å²) in [4.78, 5) is 39.0. The maximum Gasteiger partial charge on any atom is 0.408 e.